The van der Waals surface area contributed by atoms with E-state index in [2.05, 4.69) is 10.1 Å². The van der Waals surface area contributed by atoms with Gasteiger partial charge in [0.05, 0.1) is 6.54 Å². The largest absolute Gasteiger partial charge is 0.444 e. The van der Waals surface area contributed by atoms with Crippen LogP contribution in [0.5, 0.6) is 0 Å². The Kier molecular flexibility index (Phi) is 6.39. The van der Waals surface area contributed by atoms with Gasteiger partial charge in [0.1, 0.15) is 5.60 Å². The zero-order chi connectivity index (χ0) is 16.9. The fraction of sp³-hybridized carbons (Fsp3) is 0.941. The molecular weight excluding hydrogens is 294 g/mol. The summed E-state index contributed by atoms with van der Waals surface area (Å²) in [5, 5.41) is 3.19. The minimum Gasteiger partial charge on any atom is -0.444 e. The topological polar surface area (TPSA) is 62.2 Å². The summed E-state index contributed by atoms with van der Waals surface area (Å²) < 4.78 is 5.44. The lowest BCUT2D eigenvalue weighted by Crippen LogP contribution is -2.55. The van der Waals surface area contributed by atoms with Crippen LogP contribution in [0.2, 0.25) is 0 Å². The molecule has 1 aliphatic heterocycles. The van der Waals surface area contributed by atoms with E-state index >= 15 is 0 Å². The summed E-state index contributed by atoms with van der Waals surface area (Å²) in [5.41, 5.74) is -0.458. The van der Waals surface area contributed by atoms with E-state index in [1.165, 1.54) is 32.1 Å². The van der Waals surface area contributed by atoms with Crippen molar-refractivity contribution in [1.29, 1.82) is 0 Å². The highest BCUT2D eigenvalue weighted by molar-refractivity contribution is 5.68. The van der Waals surface area contributed by atoms with E-state index in [1.54, 1.807) is 4.90 Å². The third-order valence-electron chi connectivity index (χ3n) is 4.89. The molecule has 6 nitrogen and oxygen atoms in total. The molecule has 23 heavy (non-hydrogen) atoms. The van der Waals surface area contributed by atoms with Crippen molar-refractivity contribution in [3.63, 3.8) is 0 Å². The van der Waals surface area contributed by atoms with E-state index in [0.29, 0.717) is 25.6 Å². The van der Waals surface area contributed by atoms with Crippen LogP contribution in [-0.4, -0.2) is 60.3 Å². The Morgan fingerprint density at radius 3 is 2.26 bits per heavy atom. The van der Waals surface area contributed by atoms with Crippen LogP contribution in [0.25, 0.3) is 0 Å². The van der Waals surface area contributed by atoms with Gasteiger partial charge >= 0.3 is 6.09 Å². The fourth-order valence-corrected chi connectivity index (χ4v) is 3.72. The summed E-state index contributed by atoms with van der Waals surface area (Å²) >= 11 is 0. The van der Waals surface area contributed by atoms with Crippen molar-refractivity contribution < 1.29 is 9.53 Å². The van der Waals surface area contributed by atoms with Gasteiger partial charge in [-0.2, -0.15) is 4.91 Å². The summed E-state index contributed by atoms with van der Waals surface area (Å²) in [6.45, 7) is 8.96. The number of ether oxygens (including phenoxy) is 1. The van der Waals surface area contributed by atoms with Crippen molar-refractivity contribution in [3.8, 4) is 0 Å². The molecule has 0 spiro atoms. The lowest BCUT2D eigenvalue weighted by Gasteiger charge is -2.42. The maximum absolute atomic E-state index is 12.1. The van der Waals surface area contributed by atoms with Crippen molar-refractivity contribution >= 4 is 6.09 Å². The van der Waals surface area contributed by atoms with Crippen LogP contribution in [0.15, 0.2) is 5.18 Å². The lowest BCUT2D eigenvalue weighted by molar-refractivity contribution is 0.00572. The summed E-state index contributed by atoms with van der Waals surface area (Å²) in [6, 6.07) is 0.244. The third kappa shape index (κ3) is 5.44. The number of nitroso groups, excluding NO2 is 1. The van der Waals surface area contributed by atoms with E-state index in [1.807, 2.05) is 20.8 Å². The standard InChI is InChI=1S/C17H31N3O3/c1-17(2,3)23-16(21)20-11-9-19(10-12-20)15(13-18-22)14-7-5-4-6-8-14/h14-15H,4-13H2,1-3H3. The van der Waals surface area contributed by atoms with Gasteiger partial charge < -0.3 is 9.64 Å². The van der Waals surface area contributed by atoms with E-state index in [-0.39, 0.29) is 12.1 Å². The van der Waals surface area contributed by atoms with Gasteiger partial charge in [-0.3, -0.25) is 4.90 Å². The normalized spacial score (nSPS) is 22.7. The summed E-state index contributed by atoms with van der Waals surface area (Å²) in [7, 11) is 0. The molecule has 2 aliphatic rings. The van der Waals surface area contributed by atoms with Crippen molar-refractivity contribution in [2.24, 2.45) is 11.1 Å². The average molecular weight is 325 g/mol. The first-order valence-corrected chi connectivity index (χ1v) is 8.92. The second-order valence-corrected chi connectivity index (χ2v) is 7.78. The van der Waals surface area contributed by atoms with Gasteiger partial charge in [0.15, 0.2) is 0 Å². The Hall–Kier alpha value is -1.17. The van der Waals surface area contributed by atoms with Crippen LogP contribution in [-0.2, 0) is 4.74 Å². The Balaban J connectivity index is 1.88. The van der Waals surface area contributed by atoms with Crippen LogP contribution in [0.4, 0.5) is 4.79 Å². The first kappa shape index (κ1) is 18.2. The number of hydrogen-bond donors (Lipinski definition) is 0. The highest BCUT2D eigenvalue weighted by Gasteiger charge is 2.33. The summed E-state index contributed by atoms with van der Waals surface area (Å²) in [5.74, 6) is 0.578. The van der Waals surface area contributed by atoms with Gasteiger partial charge in [0.2, 0.25) is 0 Å². The average Bonchev–Trinajstić information content (AvgIpc) is 2.52. The summed E-state index contributed by atoms with van der Waals surface area (Å²) in [4.78, 5) is 27.1. The molecule has 1 saturated heterocycles. The molecule has 1 saturated carbocycles. The Morgan fingerprint density at radius 1 is 1.13 bits per heavy atom. The molecule has 2 fully saturated rings. The van der Waals surface area contributed by atoms with Crippen LogP contribution in [0.3, 0.4) is 0 Å². The van der Waals surface area contributed by atoms with E-state index < -0.39 is 5.60 Å². The van der Waals surface area contributed by atoms with Gasteiger partial charge in [-0.15, -0.1) is 0 Å². The molecule has 2 rings (SSSR count). The van der Waals surface area contributed by atoms with Gasteiger partial charge in [0.25, 0.3) is 0 Å². The van der Waals surface area contributed by atoms with Crippen LogP contribution >= 0.6 is 0 Å². The highest BCUT2D eigenvalue weighted by atomic mass is 16.6. The smallest absolute Gasteiger partial charge is 0.410 e. The van der Waals surface area contributed by atoms with Gasteiger partial charge in [-0.25, -0.2) is 4.79 Å². The van der Waals surface area contributed by atoms with Gasteiger partial charge in [0, 0.05) is 32.2 Å². The quantitative estimate of drug-likeness (QED) is 0.744. The van der Waals surface area contributed by atoms with E-state index in [4.69, 9.17) is 4.74 Å². The molecule has 132 valence electrons. The zero-order valence-corrected chi connectivity index (χ0v) is 14.8. The Morgan fingerprint density at radius 2 is 1.74 bits per heavy atom. The first-order valence-electron chi connectivity index (χ1n) is 8.92. The highest BCUT2D eigenvalue weighted by Crippen LogP contribution is 2.30. The number of carbonyl (C=O) groups is 1. The minimum atomic E-state index is -0.458. The SMILES string of the molecule is CC(C)(C)OC(=O)N1CCN(C(CN=O)C2CCCCC2)CC1. The van der Waals surface area contributed by atoms with Crippen LogP contribution in [0, 0.1) is 10.8 Å². The van der Waals surface area contributed by atoms with Crippen LogP contribution < -0.4 is 0 Å². The molecule has 1 amide bonds. The second-order valence-electron chi connectivity index (χ2n) is 7.78. The summed E-state index contributed by atoms with van der Waals surface area (Å²) in [6.07, 6.45) is 6.00. The monoisotopic (exact) mass is 325 g/mol. The third-order valence-corrected chi connectivity index (χ3v) is 4.89. The minimum absolute atomic E-state index is 0.236. The molecule has 0 aromatic rings. The number of rotatable bonds is 4. The lowest BCUT2D eigenvalue weighted by atomic mass is 9.83. The molecule has 1 heterocycles. The van der Waals surface area contributed by atoms with Crippen molar-refractivity contribution in [2.75, 3.05) is 32.7 Å². The zero-order valence-electron chi connectivity index (χ0n) is 14.8. The van der Waals surface area contributed by atoms with Crippen LogP contribution in [0.1, 0.15) is 52.9 Å². The van der Waals surface area contributed by atoms with Gasteiger partial charge in [-0.05, 0) is 39.5 Å². The molecule has 0 aromatic heterocycles. The van der Waals surface area contributed by atoms with Crippen molar-refractivity contribution in [1.82, 2.24) is 9.80 Å². The van der Waals surface area contributed by atoms with Crippen molar-refractivity contribution in [2.45, 2.75) is 64.5 Å². The Bertz CT molecular complexity index is 394. The molecule has 0 radical (unpaired) electrons. The predicted molar refractivity (Wildman–Crippen MR) is 90.4 cm³/mol. The number of piperazine rings is 1. The van der Waals surface area contributed by atoms with Crippen molar-refractivity contribution in [3.05, 3.63) is 4.91 Å². The predicted octanol–water partition coefficient (Wildman–Crippen LogP) is 3.25. The molecule has 0 bridgehead atoms. The molecule has 1 aliphatic carbocycles. The molecule has 1 unspecified atom stereocenters. The number of amides is 1. The molecular formula is C17H31N3O3. The maximum Gasteiger partial charge on any atom is 0.410 e. The Labute approximate surface area is 139 Å². The first-order chi connectivity index (χ1) is 10.9. The number of hydrogen-bond acceptors (Lipinski definition) is 5. The van der Waals surface area contributed by atoms with E-state index in [0.717, 1.165) is 13.1 Å². The second kappa shape index (κ2) is 8.08. The maximum atomic E-state index is 12.1. The molecule has 0 N–H and O–H groups in total. The number of nitrogens with zero attached hydrogens (tertiary/aromatic N) is 3. The van der Waals surface area contributed by atoms with Gasteiger partial charge in [-0.1, -0.05) is 24.4 Å². The van der Waals surface area contributed by atoms with E-state index in [9.17, 15) is 9.70 Å². The fourth-order valence-electron chi connectivity index (χ4n) is 3.72. The molecule has 6 heteroatoms. The number of carbonyl (C=O) groups excluding carboxylic acids is 1. The molecule has 0 aromatic carbocycles. The molecule has 1 atom stereocenters.